The monoisotopic (exact) mass is 740 g/mol. The van der Waals surface area contributed by atoms with Crippen molar-refractivity contribution in [1.29, 1.82) is 0 Å². The molecule has 4 aliphatic rings. The Labute approximate surface area is 305 Å². The van der Waals surface area contributed by atoms with E-state index in [0.717, 1.165) is 23.9 Å². The van der Waals surface area contributed by atoms with Crippen LogP contribution in [0.1, 0.15) is 105 Å². The number of alkyl carbamates (subject to hydrolysis) is 1. The number of para-hydroxylation sites is 2. The lowest BCUT2D eigenvalue weighted by Crippen LogP contribution is -2.58. The van der Waals surface area contributed by atoms with Crippen LogP contribution in [0.3, 0.4) is 0 Å². The van der Waals surface area contributed by atoms with Gasteiger partial charge in [0, 0.05) is 18.4 Å². The van der Waals surface area contributed by atoms with E-state index in [0.29, 0.717) is 38.1 Å². The molecule has 4 amide bonds. The third-order valence-corrected chi connectivity index (χ3v) is 12.7. The zero-order valence-corrected chi connectivity index (χ0v) is 31.8. The molecule has 1 aromatic heterocycles. The first-order valence-corrected chi connectivity index (χ1v) is 19.9. The molecule has 2 saturated carbocycles. The minimum Gasteiger partial charge on any atom is -0.459 e. The zero-order chi connectivity index (χ0) is 37.6. The fourth-order valence-corrected chi connectivity index (χ4v) is 8.46. The summed E-state index contributed by atoms with van der Waals surface area (Å²) in [6.45, 7) is 10.8. The number of carbonyl (C=O) groups excluding carboxylic acids is 4. The second-order valence-corrected chi connectivity index (χ2v) is 18.4. The highest BCUT2D eigenvalue weighted by Gasteiger charge is 2.63. The fourth-order valence-electron chi connectivity index (χ4n) is 7.15. The van der Waals surface area contributed by atoms with Crippen LogP contribution in [-0.2, 0) is 29.1 Å². The van der Waals surface area contributed by atoms with E-state index in [1.54, 1.807) is 27.7 Å². The summed E-state index contributed by atoms with van der Waals surface area (Å²) in [5, 5.41) is 5.65. The number of benzene rings is 1. The van der Waals surface area contributed by atoms with Crippen LogP contribution >= 0.6 is 0 Å². The molecule has 14 nitrogen and oxygen atoms in total. The minimum atomic E-state index is -3.97. The van der Waals surface area contributed by atoms with Crippen molar-refractivity contribution < 1.29 is 37.1 Å². The normalized spacial score (nSPS) is 28.5. The predicted octanol–water partition coefficient (Wildman–Crippen LogP) is 4.25. The Bertz CT molecular complexity index is 1860. The number of sulfonamides is 1. The van der Waals surface area contributed by atoms with Crippen molar-refractivity contribution in [2.24, 2.45) is 5.92 Å². The highest BCUT2D eigenvalue weighted by atomic mass is 32.2. The third kappa shape index (κ3) is 7.79. The van der Waals surface area contributed by atoms with Gasteiger partial charge < -0.3 is 25.0 Å². The molecule has 1 aromatic carbocycles. The van der Waals surface area contributed by atoms with Gasteiger partial charge in [-0.3, -0.25) is 23.7 Å². The standard InChI is InChI=1S/C37H52N6O8S/c1-23(2)43-28-17-13-12-15-26(28)38-33(43)50-25-20-29-30(44)40-37(32(46)41-52(48,49)36(6)18-19-36)21-24(37)14-10-8-7-9-11-16-27(31(45)42(29)22-25)39-34(47)51-35(3,4)5/h10,12-15,17,23-25,27,29H,7-9,11,16,18-22H2,1-6H3,(H,39,47)(H,40,44)(H,41,46)/b14-10-/t24-,25-,27+,29+,37-/m1/s1. The first-order chi connectivity index (χ1) is 24.4. The van der Waals surface area contributed by atoms with Crippen LogP contribution in [0.25, 0.3) is 11.0 Å². The minimum absolute atomic E-state index is 0.00555. The summed E-state index contributed by atoms with van der Waals surface area (Å²) < 4.78 is 41.4. The quantitative estimate of drug-likeness (QED) is 0.350. The Balaban J connectivity index is 1.32. The van der Waals surface area contributed by atoms with Gasteiger partial charge in [0.2, 0.25) is 21.8 Å². The molecule has 5 atom stereocenters. The zero-order valence-electron chi connectivity index (χ0n) is 30.9. The van der Waals surface area contributed by atoms with Gasteiger partial charge >= 0.3 is 6.09 Å². The lowest BCUT2D eigenvalue weighted by molar-refractivity contribution is -0.141. The summed E-state index contributed by atoms with van der Waals surface area (Å²) >= 11 is 0. The van der Waals surface area contributed by atoms with E-state index in [-0.39, 0.29) is 25.4 Å². The Hall–Kier alpha value is -4.14. The van der Waals surface area contributed by atoms with Crippen molar-refractivity contribution in [3.8, 4) is 6.01 Å². The molecule has 0 spiro atoms. The Kier molecular flexibility index (Phi) is 10.1. The summed E-state index contributed by atoms with van der Waals surface area (Å²) in [6, 6.07) is 5.92. The molecular formula is C37H52N6O8S. The van der Waals surface area contributed by atoms with Crippen molar-refractivity contribution >= 4 is 44.9 Å². The molecule has 0 radical (unpaired) electrons. The van der Waals surface area contributed by atoms with Crippen LogP contribution in [-0.4, -0.2) is 87.3 Å². The summed E-state index contributed by atoms with van der Waals surface area (Å²) in [5.41, 5.74) is -0.674. The topological polar surface area (TPSA) is 178 Å². The molecule has 2 aliphatic heterocycles. The highest BCUT2D eigenvalue weighted by molar-refractivity contribution is 7.91. The molecule has 15 heteroatoms. The van der Waals surface area contributed by atoms with Crippen LogP contribution in [0.15, 0.2) is 36.4 Å². The van der Waals surface area contributed by atoms with Gasteiger partial charge in [-0.05, 0) is 92.2 Å². The van der Waals surface area contributed by atoms with Gasteiger partial charge in [-0.15, -0.1) is 0 Å². The molecule has 3 N–H and O–H groups in total. The molecular weight excluding hydrogens is 689 g/mol. The smallest absolute Gasteiger partial charge is 0.408 e. The summed E-state index contributed by atoms with van der Waals surface area (Å²) in [4.78, 5) is 61.8. The SMILES string of the molecule is CC(C)n1c(O[C@@H]2C[C@H]3C(=O)N[C@]4(C(=O)NS(=O)(=O)C5(C)CC5)C[C@H]4/C=C\CCCCC[C@H](NC(=O)OC(C)(C)C)C(=O)N3C2)nc2ccccc21. The Morgan fingerprint density at radius 2 is 1.83 bits per heavy atom. The maximum Gasteiger partial charge on any atom is 0.408 e. The number of rotatable bonds is 7. The molecule has 2 aromatic rings. The van der Waals surface area contributed by atoms with Crippen LogP contribution in [0.2, 0.25) is 0 Å². The molecule has 0 bridgehead atoms. The van der Waals surface area contributed by atoms with Gasteiger partial charge in [-0.2, -0.15) is 4.98 Å². The van der Waals surface area contributed by atoms with E-state index in [4.69, 9.17) is 14.5 Å². The lowest BCUT2D eigenvalue weighted by Gasteiger charge is -2.30. The van der Waals surface area contributed by atoms with Crippen LogP contribution < -0.4 is 20.1 Å². The number of imidazole rings is 1. The summed E-state index contributed by atoms with van der Waals surface area (Å²) in [5.74, 6) is -2.29. The van der Waals surface area contributed by atoms with E-state index >= 15 is 0 Å². The number of hydrogen-bond acceptors (Lipinski definition) is 9. The Morgan fingerprint density at radius 1 is 1.10 bits per heavy atom. The van der Waals surface area contributed by atoms with Crippen LogP contribution in [0.4, 0.5) is 4.79 Å². The molecule has 1 saturated heterocycles. The lowest BCUT2D eigenvalue weighted by atomic mass is 10.0. The van der Waals surface area contributed by atoms with E-state index in [2.05, 4.69) is 15.4 Å². The van der Waals surface area contributed by atoms with Gasteiger partial charge in [0.05, 0.1) is 22.3 Å². The number of nitrogens with one attached hydrogen (secondary N) is 3. The molecule has 284 valence electrons. The van der Waals surface area contributed by atoms with E-state index in [1.807, 2.05) is 54.8 Å². The van der Waals surface area contributed by atoms with E-state index < -0.39 is 73.8 Å². The van der Waals surface area contributed by atoms with Gasteiger partial charge in [-0.25, -0.2) is 13.2 Å². The molecule has 0 unspecified atom stereocenters. The maximum atomic E-state index is 14.5. The van der Waals surface area contributed by atoms with E-state index in [1.165, 1.54) is 4.90 Å². The fraction of sp³-hybridized carbons (Fsp3) is 0.649. The number of ether oxygens (including phenoxy) is 2. The number of aromatic nitrogens is 2. The second kappa shape index (κ2) is 14.0. The maximum absolute atomic E-state index is 14.5. The van der Waals surface area contributed by atoms with Gasteiger partial charge in [0.25, 0.3) is 11.9 Å². The molecule has 2 aliphatic carbocycles. The van der Waals surface area contributed by atoms with E-state index in [9.17, 15) is 27.6 Å². The summed E-state index contributed by atoms with van der Waals surface area (Å²) in [7, 11) is -3.97. The number of nitrogens with zero attached hydrogens (tertiary/aromatic N) is 3. The molecule has 52 heavy (non-hydrogen) atoms. The molecule has 6 rings (SSSR count). The Morgan fingerprint density at radius 3 is 2.52 bits per heavy atom. The van der Waals surface area contributed by atoms with Crippen LogP contribution in [0.5, 0.6) is 6.01 Å². The second-order valence-electron chi connectivity index (χ2n) is 16.2. The highest BCUT2D eigenvalue weighted by Crippen LogP contribution is 2.47. The predicted molar refractivity (Wildman–Crippen MR) is 194 cm³/mol. The van der Waals surface area contributed by atoms with Crippen molar-refractivity contribution in [1.82, 2.24) is 29.8 Å². The van der Waals surface area contributed by atoms with Crippen LogP contribution in [0, 0.1) is 5.92 Å². The van der Waals surface area contributed by atoms with Gasteiger partial charge in [0.15, 0.2) is 0 Å². The number of carbonyl (C=O) groups is 4. The van der Waals surface area contributed by atoms with Crippen molar-refractivity contribution in [3.63, 3.8) is 0 Å². The average molecular weight is 741 g/mol. The third-order valence-electron chi connectivity index (χ3n) is 10.5. The van der Waals surface area contributed by atoms with Gasteiger partial charge in [-0.1, -0.05) is 37.1 Å². The molecule has 3 fully saturated rings. The largest absolute Gasteiger partial charge is 0.459 e. The number of fused-ring (bicyclic) bond motifs is 3. The molecule has 3 heterocycles. The average Bonchev–Trinajstić information content (AvgIpc) is 3.87. The first kappa shape index (κ1) is 37.6. The van der Waals surface area contributed by atoms with Crippen molar-refractivity contribution in [2.75, 3.05) is 6.54 Å². The first-order valence-electron chi connectivity index (χ1n) is 18.4. The van der Waals surface area contributed by atoms with Crippen molar-refractivity contribution in [2.45, 2.75) is 139 Å². The number of allylic oxidation sites excluding steroid dienone is 1. The number of amides is 4. The van der Waals surface area contributed by atoms with Gasteiger partial charge in [0.1, 0.15) is 29.3 Å². The summed E-state index contributed by atoms with van der Waals surface area (Å²) in [6.07, 6.45) is 6.84. The number of hydrogen-bond donors (Lipinski definition) is 3. The van der Waals surface area contributed by atoms with Crippen molar-refractivity contribution in [3.05, 3.63) is 36.4 Å².